The molecular weight excluding hydrogens is 252 g/mol. The minimum Gasteiger partial charge on any atom is -0.416 e. The lowest BCUT2D eigenvalue weighted by molar-refractivity contribution is -0.131. The lowest BCUT2D eigenvalue weighted by atomic mass is 10.6. The summed E-state index contributed by atoms with van der Waals surface area (Å²) in [6, 6.07) is 3.59. The Labute approximate surface area is 99.5 Å². The average molecular weight is 260 g/mol. The zero-order valence-corrected chi connectivity index (χ0v) is 10.2. The highest BCUT2D eigenvalue weighted by molar-refractivity contribution is 7.73. The molecule has 15 heavy (non-hydrogen) atoms. The fraction of sp³-hybridized carbons (Fsp3) is 0.125. The zero-order valence-electron chi connectivity index (χ0n) is 7.80. The van der Waals surface area contributed by atoms with E-state index in [4.69, 9.17) is 4.74 Å². The van der Waals surface area contributed by atoms with E-state index in [0.29, 0.717) is 5.06 Å². The van der Waals surface area contributed by atoms with Crippen LogP contribution in [0.5, 0.6) is 5.06 Å². The third-order valence-electron chi connectivity index (χ3n) is 1.11. The van der Waals surface area contributed by atoms with Gasteiger partial charge in [0, 0.05) is 6.92 Å². The van der Waals surface area contributed by atoms with Crippen LogP contribution >= 0.6 is 34.9 Å². The van der Waals surface area contributed by atoms with Gasteiger partial charge in [0.2, 0.25) is 0 Å². The van der Waals surface area contributed by atoms with E-state index in [1.165, 1.54) is 29.6 Å². The van der Waals surface area contributed by atoms with Crippen molar-refractivity contribution in [3.8, 4) is 5.06 Å². The zero-order chi connectivity index (χ0) is 11.1. The van der Waals surface area contributed by atoms with Crippen molar-refractivity contribution >= 4 is 40.9 Å². The monoisotopic (exact) mass is 260 g/mol. The molecule has 0 atom stereocenters. The van der Waals surface area contributed by atoms with Crippen LogP contribution in [0, 0.1) is 3.95 Å². The molecule has 7 heteroatoms. The minimum atomic E-state index is -0.266. The Morgan fingerprint density at radius 2 is 2.40 bits per heavy atom. The van der Waals surface area contributed by atoms with Crippen molar-refractivity contribution in [2.75, 3.05) is 0 Å². The molecular formula is C8H8N2O2S3. The number of hydrogen-bond acceptors (Lipinski definition) is 6. The molecule has 2 rings (SSSR count). The summed E-state index contributed by atoms with van der Waals surface area (Å²) < 4.78 is 5.47. The second kappa shape index (κ2) is 6.44. The predicted molar refractivity (Wildman–Crippen MR) is 62.9 cm³/mol. The number of H-pyrrole nitrogens is 1. The number of carbonyl (C=O) groups excluding carboxylic acids is 1. The minimum absolute atomic E-state index is 0.266. The number of nitrogens with zero attached hydrogens (tertiary/aromatic N) is 1. The summed E-state index contributed by atoms with van der Waals surface area (Å²) in [5.41, 5.74) is 1.67. The summed E-state index contributed by atoms with van der Waals surface area (Å²) >= 11 is 7.48. The molecule has 0 aliphatic carbocycles. The Bertz CT molecular complexity index is 430. The van der Waals surface area contributed by atoms with Gasteiger partial charge in [-0.25, -0.2) is 0 Å². The van der Waals surface area contributed by atoms with Gasteiger partial charge in [0.15, 0.2) is 9.02 Å². The number of hydrogen-bond donors (Lipinski definition) is 1. The van der Waals surface area contributed by atoms with Crippen molar-refractivity contribution in [2.24, 2.45) is 0 Å². The maximum absolute atomic E-state index is 10.3. The van der Waals surface area contributed by atoms with Crippen molar-refractivity contribution in [1.82, 2.24) is 10.2 Å². The third kappa shape index (κ3) is 5.40. The summed E-state index contributed by atoms with van der Waals surface area (Å²) in [5, 5.41) is 8.71. The Morgan fingerprint density at radius 1 is 1.60 bits per heavy atom. The second-order valence-electron chi connectivity index (χ2n) is 2.28. The van der Waals surface area contributed by atoms with Crippen LogP contribution in [0.3, 0.4) is 0 Å². The van der Waals surface area contributed by atoms with E-state index >= 15 is 0 Å². The Morgan fingerprint density at radius 3 is 2.73 bits per heavy atom. The molecule has 2 aromatic rings. The molecule has 0 bridgehead atoms. The molecule has 0 amide bonds. The summed E-state index contributed by atoms with van der Waals surface area (Å²) in [7, 11) is 0. The van der Waals surface area contributed by atoms with E-state index in [0.717, 1.165) is 3.95 Å². The van der Waals surface area contributed by atoms with Gasteiger partial charge in [-0.1, -0.05) is 11.3 Å². The Hall–Kier alpha value is -1.05. The van der Waals surface area contributed by atoms with Gasteiger partial charge in [0.05, 0.1) is 0 Å². The number of rotatable bonds is 1. The van der Waals surface area contributed by atoms with Gasteiger partial charge in [-0.15, -0.1) is 11.3 Å². The van der Waals surface area contributed by atoms with Crippen molar-refractivity contribution in [1.29, 1.82) is 0 Å². The molecule has 1 N–H and O–H groups in total. The van der Waals surface area contributed by atoms with E-state index in [2.05, 4.69) is 22.4 Å². The first-order valence-electron chi connectivity index (χ1n) is 3.88. The fourth-order valence-corrected chi connectivity index (χ4v) is 1.75. The molecule has 0 aliphatic rings. The van der Waals surface area contributed by atoms with Gasteiger partial charge in [0.1, 0.15) is 5.51 Å². The highest BCUT2D eigenvalue weighted by Gasteiger charge is 1.95. The molecule has 0 radical (unpaired) electrons. The van der Waals surface area contributed by atoms with Crippen LogP contribution in [-0.4, -0.2) is 16.2 Å². The second-order valence-corrected chi connectivity index (χ2v) is 4.71. The molecule has 0 aliphatic heterocycles. The van der Waals surface area contributed by atoms with Gasteiger partial charge in [-0.3, -0.25) is 9.89 Å². The standard InChI is InChI=1S/C6H6O2S.C2H2N2S2/c1-5(7)8-6-3-2-4-9-6;5-2-4-3-1-6-2/h2-4H,1H3;1H,(H,4,5). The summed E-state index contributed by atoms with van der Waals surface area (Å²) in [5.74, 6) is -0.266. The number of thiophene rings is 1. The Balaban J connectivity index is 0.000000162. The topological polar surface area (TPSA) is 55.0 Å². The lowest BCUT2D eigenvalue weighted by Gasteiger charge is -1.91. The lowest BCUT2D eigenvalue weighted by Crippen LogP contribution is -1.98. The molecule has 4 nitrogen and oxygen atoms in total. The maximum Gasteiger partial charge on any atom is 0.308 e. The highest BCUT2D eigenvalue weighted by Crippen LogP contribution is 2.17. The van der Waals surface area contributed by atoms with Crippen molar-refractivity contribution < 1.29 is 9.53 Å². The van der Waals surface area contributed by atoms with Crippen LogP contribution in [0.4, 0.5) is 0 Å². The largest absolute Gasteiger partial charge is 0.416 e. The van der Waals surface area contributed by atoms with Gasteiger partial charge in [-0.05, 0) is 29.7 Å². The molecule has 2 aromatic heterocycles. The molecule has 0 fully saturated rings. The predicted octanol–water partition coefficient (Wildman–Crippen LogP) is 2.87. The van der Waals surface area contributed by atoms with Crippen molar-refractivity contribution in [3.05, 3.63) is 27.0 Å². The molecule has 0 aromatic carbocycles. The van der Waals surface area contributed by atoms with E-state index in [1.54, 1.807) is 11.6 Å². The number of nitrogens with one attached hydrogen (secondary N) is 1. The summed E-state index contributed by atoms with van der Waals surface area (Å²) in [4.78, 5) is 10.3. The number of ether oxygens (including phenoxy) is 1. The number of esters is 1. The maximum atomic E-state index is 10.3. The molecule has 0 spiro atoms. The number of carbonyl (C=O) groups is 1. The van der Waals surface area contributed by atoms with E-state index in [-0.39, 0.29) is 5.97 Å². The van der Waals surface area contributed by atoms with Crippen LogP contribution in [0.1, 0.15) is 6.92 Å². The van der Waals surface area contributed by atoms with E-state index in [9.17, 15) is 4.79 Å². The van der Waals surface area contributed by atoms with Crippen LogP contribution in [0.2, 0.25) is 0 Å². The first kappa shape index (κ1) is 12.0. The van der Waals surface area contributed by atoms with Crippen LogP contribution in [0.25, 0.3) is 0 Å². The third-order valence-corrected chi connectivity index (χ3v) is 2.75. The van der Waals surface area contributed by atoms with Crippen LogP contribution in [-0.2, 0) is 4.79 Å². The van der Waals surface area contributed by atoms with Gasteiger partial charge in [-0.2, -0.15) is 5.10 Å². The average Bonchev–Trinajstić information content (AvgIpc) is 2.78. The van der Waals surface area contributed by atoms with Crippen molar-refractivity contribution in [3.63, 3.8) is 0 Å². The van der Waals surface area contributed by atoms with Gasteiger partial charge < -0.3 is 4.74 Å². The number of aromatic amines is 1. The molecule has 2 heterocycles. The quantitative estimate of drug-likeness (QED) is 0.633. The molecule has 0 unspecified atom stereocenters. The van der Waals surface area contributed by atoms with Gasteiger partial charge >= 0.3 is 5.97 Å². The molecule has 0 saturated heterocycles. The van der Waals surface area contributed by atoms with Crippen LogP contribution < -0.4 is 4.74 Å². The summed E-state index contributed by atoms with van der Waals surface area (Å²) in [6.07, 6.45) is 0. The van der Waals surface area contributed by atoms with Crippen LogP contribution in [0.15, 0.2) is 23.0 Å². The normalized spacial score (nSPS) is 8.87. The first-order chi connectivity index (χ1) is 7.18. The van der Waals surface area contributed by atoms with Gasteiger partial charge in [0.25, 0.3) is 0 Å². The SMILES string of the molecule is CC(=O)Oc1cccs1.S=c1[nH]ncs1. The van der Waals surface area contributed by atoms with E-state index in [1.807, 2.05) is 11.4 Å². The van der Waals surface area contributed by atoms with Crippen molar-refractivity contribution in [2.45, 2.75) is 6.92 Å². The Kier molecular flexibility index (Phi) is 5.16. The molecule has 80 valence electrons. The smallest absolute Gasteiger partial charge is 0.308 e. The fourth-order valence-electron chi connectivity index (χ4n) is 0.643. The molecule has 0 saturated carbocycles. The highest BCUT2D eigenvalue weighted by atomic mass is 32.1. The summed E-state index contributed by atoms with van der Waals surface area (Å²) in [6.45, 7) is 1.39. The first-order valence-corrected chi connectivity index (χ1v) is 6.05. The number of aromatic nitrogens is 2. The van der Waals surface area contributed by atoms with E-state index < -0.39 is 0 Å².